The van der Waals surface area contributed by atoms with E-state index < -0.39 is 0 Å². The number of likely N-dealkylation sites (tertiary alicyclic amines) is 1. The van der Waals surface area contributed by atoms with Gasteiger partial charge in [-0.1, -0.05) is 6.92 Å². The molecule has 22 heavy (non-hydrogen) atoms. The normalized spacial score (nSPS) is 22.5. The van der Waals surface area contributed by atoms with Crippen LogP contribution in [0.3, 0.4) is 0 Å². The predicted octanol–water partition coefficient (Wildman–Crippen LogP) is 0.859. The van der Waals surface area contributed by atoms with Crippen molar-refractivity contribution in [2.45, 2.75) is 40.0 Å². The first-order chi connectivity index (χ1) is 10.4. The summed E-state index contributed by atoms with van der Waals surface area (Å²) in [5.41, 5.74) is 0.253. The Morgan fingerprint density at radius 3 is 3.00 bits per heavy atom. The topological polar surface area (TPSA) is 78.1 Å². The zero-order chi connectivity index (χ0) is 16.2. The molecule has 0 unspecified atom stereocenters. The first-order valence-electron chi connectivity index (χ1n) is 8.00. The SMILES string of the molecule is CCN1CCC[C@@](C)(C(=O)NCCc2cc(=O)[nH]c(C)n2)C1. The highest BCUT2D eigenvalue weighted by Crippen LogP contribution is 2.29. The van der Waals surface area contributed by atoms with Crippen molar-refractivity contribution in [3.8, 4) is 0 Å². The molecule has 2 N–H and O–H groups in total. The lowest BCUT2D eigenvalue weighted by atomic mass is 9.81. The molecule has 0 spiro atoms. The summed E-state index contributed by atoms with van der Waals surface area (Å²) >= 11 is 0. The van der Waals surface area contributed by atoms with Crippen molar-refractivity contribution in [1.82, 2.24) is 20.2 Å². The number of carbonyl (C=O) groups excluding carboxylic acids is 1. The number of rotatable bonds is 5. The summed E-state index contributed by atoms with van der Waals surface area (Å²) in [5, 5.41) is 3.01. The highest BCUT2D eigenvalue weighted by molar-refractivity contribution is 5.82. The van der Waals surface area contributed by atoms with Crippen LogP contribution in [0.1, 0.15) is 38.2 Å². The van der Waals surface area contributed by atoms with Crippen LogP contribution in [0.4, 0.5) is 0 Å². The van der Waals surface area contributed by atoms with Gasteiger partial charge in [0, 0.05) is 31.3 Å². The van der Waals surface area contributed by atoms with Gasteiger partial charge in [0.2, 0.25) is 5.91 Å². The van der Waals surface area contributed by atoms with Crippen molar-refractivity contribution in [3.05, 3.63) is 27.9 Å². The first-order valence-corrected chi connectivity index (χ1v) is 8.00. The van der Waals surface area contributed by atoms with Crippen LogP contribution in [0.5, 0.6) is 0 Å². The maximum atomic E-state index is 12.5. The third kappa shape index (κ3) is 4.16. The average Bonchev–Trinajstić information content (AvgIpc) is 2.46. The molecule has 0 radical (unpaired) electrons. The molecule has 6 heteroatoms. The second-order valence-electron chi connectivity index (χ2n) is 6.36. The Balaban J connectivity index is 1.88. The Labute approximate surface area is 131 Å². The maximum Gasteiger partial charge on any atom is 0.251 e. The van der Waals surface area contributed by atoms with E-state index in [0.29, 0.717) is 24.5 Å². The smallest absolute Gasteiger partial charge is 0.251 e. The van der Waals surface area contributed by atoms with Gasteiger partial charge in [-0.2, -0.15) is 0 Å². The van der Waals surface area contributed by atoms with Crippen LogP contribution in [0, 0.1) is 12.3 Å². The zero-order valence-corrected chi connectivity index (χ0v) is 13.7. The molecule has 1 atom stereocenters. The summed E-state index contributed by atoms with van der Waals surface area (Å²) in [6.45, 7) is 9.32. The summed E-state index contributed by atoms with van der Waals surface area (Å²) in [5.74, 6) is 0.707. The Hall–Kier alpha value is -1.69. The molecule has 1 aromatic heterocycles. The number of aromatic amines is 1. The molecule has 0 bridgehead atoms. The Kier molecular flexibility index (Phi) is 5.34. The fourth-order valence-electron chi connectivity index (χ4n) is 3.09. The van der Waals surface area contributed by atoms with Gasteiger partial charge in [0.25, 0.3) is 5.56 Å². The lowest BCUT2D eigenvalue weighted by Gasteiger charge is -2.38. The molecule has 1 saturated heterocycles. The van der Waals surface area contributed by atoms with Crippen LogP contribution < -0.4 is 10.9 Å². The van der Waals surface area contributed by atoms with E-state index in [9.17, 15) is 9.59 Å². The number of aromatic nitrogens is 2. The van der Waals surface area contributed by atoms with Gasteiger partial charge in [0.15, 0.2) is 0 Å². The Bertz CT molecular complexity index is 584. The molecule has 1 aliphatic rings. The minimum absolute atomic E-state index is 0.104. The predicted molar refractivity (Wildman–Crippen MR) is 85.8 cm³/mol. The van der Waals surface area contributed by atoms with E-state index >= 15 is 0 Å². The molecule has 1 amide bonds. The zero-order valence-electron chi connectivity index (χ0n) is 13.7. The highest BCUT2D eigenvalue weighted by atomic mass is 16.2. The number of nitrogens with zero attached hydrogens (tertiary/aromatic N) is 2. The summed E-state index contributed by atoms with van der Waals surface area (Å²) in [7, 11) is 0. The molecular weight excluding hydrogens is 280 g/mol. The number of piperidine rings is 1. The second-order valence-corrected chi connectivity index (χ2v) is 6.36. The minimum atomic E-state index is -0.314. The van der Waals surface area contributed by atoms with Crippen LogP contribution in [0.15, 0.2) is 10.9 Å². The molecule has 2 rings (SSSR count). The Morgan fingerprint density at radius 1 is 1.55 bits per heavy atom. The monoisotopic (exact) mass is 306 g/mol. The van der Waals surface area contributed by atoms with Gasteiger partial charge >= 0.3 is 0 Å². The molecule has 122 valence electrons. The molecule has 1 aromatic rings. The lowest BCUT2D eigenvalue weighted by Crippen LogP contribution is -2.50. The van der Waals surface area contributed by atoms with Gasteiger partial charge in [-0.3, -0.25) is 9.59 Å². The van der Waals surface area contributed by atoms with E-state index in [0.717, 1.165) is 32.5 Å². The van der Waals surface area contributed by atoms with E-state index in [2.05, 4.69) is 27.1 Å². The molecule has 1 fully saturated rings. The molecule has 0 aliphatic carbocycles. The van der Waals surface area contributed by atoms with E-state index in [-0.39, 0.29) is 16.9 Å². The van der Waals surface area contributed by atoms with Gasteiger partial charge < -0.3 is 15.2 Å². The Morgan fingerprint density at radius 2 is 2.32 bits per heavy atom. The van der Waals surface area contributed by atoms with Crippen molar-refractivity contribution in [2.24, 2.45) is 5.41 Å². The second kappa shape index (κ2) is 7.05. The van der Waals surface area contributed by atoms with Crippen LogP contribution >= 0.6 is 0 Å². The molecule has 0 aromatic carbocycles. The van der Waals surface area contributed by atoms with Gasteiger partial charge in [-0.05, 0) is 39.8 Å². The van der Waals surface area contributed by atoms with Crippen LogP contribution in [0.2, 0.25) is 0 Å². The molecule has 1 aliphatic heterocycles. The number of hydrogen-bond acceptors (Lipinski definition) is 4. The number of nitrogens with one attached hydrogen (secondary N) is 2. The first kappa shape index (κ1) is 16.7. The summed E-state index contributed by atoms with van der Waals surface area (Å²) in [4.78, 5) is 33.1. The molecule has 0 saturated carbocycles. The van der Waals surface area contributed by atoms with E-state index in [1.807, 2.05) is 6.92 Å². The van der Waals surface area contributed by atoms with Gasteiger partial charge in [-0.15, -0.1) is 0 Å². The summed E-state index contributed by atoms with van der Waals surface area (Å²) in [6, 6.07) is 1.49. The van der Waals surface area contributed by atoms with Gasteiger partial charge in [0.05, 0.1) is 5.41 Å². The lowest BCUT2D eigenvalue weighted by molar-refractivity contribution is -0.133. The van der Waals surface area contributed by atoms with Crippen molar-refractivity contribution in [3.63, 3.8) is 0 Å². The quantitative estimate of drug-likeness (QED) is 0.846. The van der Waals surface area contributed by atoms with Crippen LogP contribution in [-0.2, 0) is 11.2 Å². The van der Waals surface area contributed by atoms with Crippen molar-refractivity contribution < 1.29 is 4.79 Å². The van der Waals surface area contributed by atoms with Gasteiger partial charge in [0.1, 0.15) is 5.82 Å². The summed E-state index contributed by atoms with van der Waals surface area (Å²) in [6.07, 6.45) is 2.56. The number of carbonyl (C=O) groups is 1. The van der Waals surface area contributed by atoms with Crippen LogP contribution in [-0.4, -0.2) is 47.0 Å². The number of H-pyrrole nitrogens is 1. The average molecular weight is 306 g/mol. The van der Waals surface area contributed by atoms with Crippen molar-refractivity contribution in [1.29, 1.82) is 0 Å². The van der Waals surface area contributed by atoms with Crippen molar-refractivity contribution >= 4 is 5.91 Å². The van der Waals surface area contributed by atoms with Crippen LogP contribution in [0.25, 0.3) is 0 Å². The third-order valence-electron chi connectivity index (χ3n) is 4.35. The number of hydrogen-bond donors (Lipinski definition) is 2. The maximum absolute atomic E-state index is 12.5. The standard InChI is InChI=1S/C16H26N4O2/c1-4-20-9-5-7-16(3,11-20)15(22)17-8-6-13-10-14(21)19-12(2)18-13/h10H,4-9,11H2,1-3H3,(H,17,22)(H,18,19,21)/t16-/m1/s1. The minimum Gasteiger partial charge on any atom is -0.355 e. The van der Waals surface area contributed by atoms with E-state index in [4.69, 9.17) is 0 Å². The molecule has 2 heterocycles. The fourth-order valence-corrected chi connectivity index (χ4v) is 3.09. The molecule has 6 nitrogen and oxygen atoms in total. The van der Waals surface area contributed by atoms with Gasteiger partial charge in [-0.25, -0.2) is 4.98 Å². The van der Waals surface area contributed by atoms with Crippen molar-refractivity contribution in [2.75, 3.05) is 26.2 Å². The summed E-state index contributed by atoms with van der Waals surface area (Å²) < 4.78 is 0. The third-order valence-corrected chi connectivity index (χ3v) is 4.35. The van der Waals surface area contributed by atoms with E-state index in [1.165, 1.54) is 6.07 Å². The largest absolute Gasteiger partial charge is 0.355 e. The highest BCUT2D eigenvalue weighted by Gasteiger charge is 2.36. The molecular formula is C16H26N4O2. The fraction of sp³-hybridized carbons (Fsp3) is 0.688. The number of amides is 1. The number of aryl methyl sites for hydroxylation is 1. The van der Waals surface area contributed by atoms with E-state index in [1.54, 1.807) is 6.92 Å².